The van der Waals surface area contributed by atoms with Gasteiger partial charge >= 0.3 is 0 Å². The van der Waals surface area contributed by atoms with Crippen LogP contribution in [0.15, 0.2) is 23.1 Å². The predicted octanol–water partition coefficient (Wildman–Crippen LogP) is 0.671. The molecule has 3 aliphatic heterocycles. The van der Waals surface area contributed by atoms with Gasteiger partial charge in [-0.1, -0.05) is 6.92 Å². The van der Waals surface area contributed by atoms with Gasteiger partial charge in [-0.25, -0.2) is 8.42 Å². The lowest BCUT2D eigenvalue weighted by Gasteiger charge is -2.31. The van der Waals surface area contributed by atoms with E-state index < -0.39 is 10.0 Å². The molecule has 1 atom stereocenters. The number of sulfonamides is 1. The maximum absolute atomic E-state index is 13.1. The van der Waals surface area contributed by atoms with Gasteiger partial charge in [0.2, 0.25) is 15.9 Å². The summed E-state index contributed by atoms with van der Waals surface area (Å²) in [5, 5.41) is 2.89. The van der Waals surface area contributed by atoms with Gasteiger partial charge in [-0.2, -0.15) is 4.31 Å². The third-order valence-corrected chi connectivity index (χ3v) is 8.39. The highest BCUT2D eigenvalue weighted by Crippen LogP contribution is 2.35. The summed E-state index contributed by atoms with van der Waals surface area (Å²) in [6.07, 6.45) is 3.33. The number of hydrogen-bond acceptors (Lipinski definition) is 7. The molecule has 4 rings (SSSR count). The Morgan fingerprint density at radius 3 is 2.76 bits per heavy atom. The molecule has 0 unspecified atom stereocenters. The van der Waals surface area contributed by atoms with Crippen molar-refractivity contribution in [3.63, 3.8) is 0 Å². The quantitative estimate of drug-likeness (QED) is 0.529. The van der Waals surface area contributed by atoms with Crippen molar-refractivity contribution in [1.29, 1.82) is 0 Å². The summed E-state index contributed by atoms with van der Waals surface area (Å²) in [4.78, 5) is 29.0. The number of hydrogen-bond donors (Lipinski definition) is 1. The van der Waals surface area contributed by atoms with Crippen LogP contribution < -0.4 is 15.0 Å². The standard InChI is InChI=1S/C23H34N4O6S/c1-18-4-2-8-25(15-18)9-3-7-24-22(28)16-27-20-14-19(5-6-21(20)33-17-23(27)29)34(30,31)26-10-12-32-13-11-26/h5-6,14,18H,2-4,7-13,15-17H2,1H3,(H,24,28)/t18-/m0/s1. The van der Waals surface area contributed by atoms with Crippen molar-refractivity contribution in [2.45, 2.75) is 31.1 Å². The van der Waals surface area contributed by atoms with Crippen LogP contribution in [0.2, 0.25) is 0 Å². The van der Waals surface area contributed by atoms with Crippen LogP contribution in [0.5, 0.6) is 5.75 Å². The van der Waals surface area contributed by atoms with E-state index >= 15 is 0 Å². The summed E-state index contributed by atoms with van der Waals surface area (Å²) in [7, 11) is -3.74. The number of carbonyl (C=O) groups is 2. The number of piperidine rings is 1. The van der Waals surface area contributed by atoms with Crippen LogP contribution in [0, 0.1) is 5.92 Å². The van der Waals surface area contributed by atoms with Crippen molar-refractivity contribution in [3.05, 3.63) is 18.2 Å². The number of likely N-dealkylation sites (tertiary alicyclic amines) is 1. The van der Waals surface area contributed by atoms with Crippen LogP contribution in [-0.2, 0) is 24.3 Å². The van der Waals surface area contributed by atoms with Gasteiger partial charge < -0.3 is 19.7 Å². The minimum absolute atomic E-state index is 0.0626. The Balaban J connectivity index is 1.37. The van der Waals surface area contributed by atoms with Gasteiger partial charge in [0.05, 0.1) is 23.8 Å². The molecule has 0 aromatic heterocycles. The second-order valence-electron chi connectivity index (χ2n) is 9.17. The fraction of sp³-hybridized carbons (Fsp3) is 0.652. The number of carbonyl (C=O) groups excluding carboxylic acids is 2. The molecule has 34 heavy (non-hydrogen) atoms. The molecule has 1 aromatic rings. The number of fused-ring (bicyclic) bond motifs is 1. The molecule has 1 N–H and O–H groups in total. The van der Waals surface area contributed by atoms with E-state index in [1.165, 1.54) is 34.2 Å². The molecule has 0 aliphatic carbocycles. The number of morpholine rings is 1. The number of benzene rings is 1. The van der Waals surface area contributed by atoms with Crippen LogP contribution in [0.4, 0.5) is 5.69 Å². The van der Waals surface area contributed by atoms with E-state index in [1.807, 2.05) is 0 Å². The molecular weight excluding hydrogens is 460 g/mol. The third kappa shape index (κ3) is 5.88. The zero-order valence-electron chi connectivity index (χ0n) is 19.7. The van der Waals surface area contributed by atoms with Crippen molar-refractivity contribution >= 4 is 27.5 Å². The Morgan fingerprint density at radius 1 is 1.21 bits per heavy atom. The van der Waals surface area contributed by atoms with Crippen molar-refractivity contribution < 1.29 is 27.5 Å². The Kier molecular flexibility index (Phi) is 8.07. The summed E-state index contributed by atoms with van der Waals surface area (Å²) < 4.78 is 38.2. The summed E-state index contributed by atoms with van der Waals surface area (Å²) in [5.41, 5.74) is 0.294. The van der Waals surface area contributed by atoms with E-state index in [-0.39, 0.29) is 43.0 Å². The highest BCUT2D eigenvalue weighted by atomic mass is 32.2. The van der Waals surface area contributed by atoms with Gasteiger partial charge in [-0.15, -0.1) is 0 Å². The highest BCUT2D eigenvalue weighted by Gasteiger charge is 2.32. The van der Waals surface area contributed by atoms with Gasteiger partial charge in [0.1, 0.15) is 12.3 Å². The number of rotatable bonds is 8. The highest BCUT2D eigenvalue weighted by molar-refractivity contribution is 7.89. The number of nitrogens with zero attached hydrogens (tertiary/aromatic N) is 3. The minimum Gasteiger partial charge on any atom is -0.482 e. The van der Waals surface area contributed by atoms with E-state index in [0.29, 0.717) is 37.1 Å². The first-order chi connectivity index (χ1) is 16.3. The smallest absolute Gasteiger partial charge is 0.265 e. The molecule has 0 spiro atoms. The van der Waals surface area contributed by atoms with E-state index in [2.05, 4.69) is 17.1 Å². The maximum atomic E-state index is 13.1. The van der Waals surface area contributed by atoms with Crippen LogP contribution in [0.1, 0.15) is 26.2 Å². The second-order valence-corrected chi connectivity index (χ2v) is 11.1. The molecule has 0 bridgehead atoms. The summed E-state index contributed by atoms with van der Waals surface area (Å²) >= 11 is 0. The van der Waals surface area contributed by atoms with Crippen LogP contribution in [0.3, 0.4) is 0 Å². The normalized spacial score (nSPS) is 22.2. The Hall–Kier alpha value is -2.21. The second kappa shape index (κ2) is 11.0. The van der Waals surface area contributed by atoms with Gasteiger partial charge in [0, 0.05) is 26.2 Å². The summed E-state index contributed by atoms with van der Waals surface area (Å²) in [6.45, 7) is 6.80. The van der Waals surface area contributed by atoms with E-state index in [0.717, 1.165) is 26.1 Å². The molecule has 3 heterocycles. The molecule has 2 amide bonds. The molecule has 2 fully saturated rings. The number of nitrogens with one attached hydrogen (secondary N) is 1. The van der Waals surface area contributed by atoms with E-state index in [9.17, 15) is 18.0 Å². The number of ether oxygens (including phenoxy) is 2. The largest absolute Gasteiger partial charge is 0.482 e. The third-order valence-electron chi connectivity index (χ3n) is 6.50. The van der Waals surface area contributed by atoms with E-state index in [1.54, 1.807) is 6.07 Å². The zero-order chi connectivity index (χ0) is 24.1. The Morgan fingerprint density at radius 2 is 2.00 bits per heavy atom. The van der Waals surface area contributed by atoms with Crippen LogP contribution in [0.25, 0.3) is 0 Å². The topological polar surface area (TPSA) is 108 Å². The fourth-order valence-electron chi connectivity index (χ4n) is 4.67. The predicted molar refractivity (Wildman–Crippen MR) is 126 cm³/mol. The lowest BCUT2D eigenvalue weighted by Crippen LogP contribution is -2.46. The average molecular weight is 495 g/mol. The lowest BCUT2D eigenvalue weighted by atomic mass is 10.0. The molecule has 10 nitrogen and oxygen atoms in total. The first-order valence-electron chi connectivity index (χ1n) is 12.0. The van der Waals surface area contributed by atoms with Gasteiger partial charge in [-0.05, 0) is 56.5 Å². The molecule has 0 radical (unpaired) electrons. The molecule has 1 aromatic carbocycles. The van der Waals surface area contributed by atoms with Gasteiger partial charge in [0.15, 0.2) is 6.61 Å². The van der Waals surface area contributed by atoms with Crippen LogP contribution in [-0.4, -0.2) is 95.1 Å². The monoisotopic (exact) mass is 494 g/mol. The van der Waals surface area contributed by atoms with Crippen molar-refractivity contribution in [2.24, 2.45) is 5.92 Å². The summed E-state index contributed by atoms with van der Waals surface area (Å²) in [5.74, 6) is 0.431. The SMILES string of the molecule is C[C@H]1CCCN(CCCNC(=O)CN2C(=O)COc3ccc(S(=O)(=O)N4CCOCC4)cc32)C1. The van der Waals surface area contributed by atoms with Gasteiger partial charge in [-0.3, -0.25) is 14.5 Å². The molecular formula is C23H34N4O6S. The average Bonchev–Trinajstić information content (AvgIpc) is 2.84. The van der Waals surface area contributed by atoms with Gasteiger partial charge in [0.25, 0.3) is 5.91 Å². The first-order valence-corrected chi connectivity index (χ1v) is 13.4. The molecule has 188 valence electrons. The molecule has 3 aliphatic rings. The van der Waals surface area contributed by atoms with E-state index in [4.69, 9.17) is 9.47 Å². The summed E-state index contributed by atoms with van der Waals surface area (Å²) in [6, 6.07) is 4.43. The number of anilines is 1. The fourth-order valence-corrected chi connectivity index (χ4v) is 6.10. The Labute approximate surface area is 201 Å². The number of amides is 2. The molecule has 2 saturated heterocycles. The first kappa shape index (κ1) is 24.9. The van der Waals surface area contributed by atoms with Crippen molar-refractivity contribution in [1.82, 2.24) is 14.5 Å². The van der Waals surface area contributed by atoms with Crippen molar-refractivity contribution in [3.8, 4) is 5.75 Å². The molecule has 0 saturated carbocycles. The maximum Gasteiger partial charge on any atom is 0.265 e. The lowest BCUT2D eigenvalue weighted by molar-refractivity contribution is -0.125. The molecule has 11 heteroatoms. The van der Waals surface area contributed by atoms with Crippen molar-refractivity contribution in [2.75, 3.05) is 70.5 Å². The van der Waals surface area contributed by atoms with Crippen LogP contribution >= 0.6 is 0 Å². The zero-order valence-corrected chi connectivity index (χ0v) is 20.5. The minimum atomic E-state index is -3.74. The Bertz CT molecular complexity index is 995.